The summed E-state index contributed by atoms with van der Waals surface area (Å²) < 4.78 is 0. The van der Waals surface area contributed by atoms with Crippen LogP contribution in [0.25, 0.3) is 0 Å². The van der Waals surface area contributed by atoms with Gasteiger partial charge < -0.3 is 0 Å². The monoisotopic (exact) mass is 100 g/mol. The van der Waals surface area contributed by atoms with E-state index in [9.17, 15) is 0 Å². The van der Waals surface area contributed by atoms with E-state index in [1.807, 2.05) is 0 Å². The summed E-state index contributed by atoms with van der Waals surface area (Å²) in [5.74, 6) is 0. The SMILES string of the molecule is F.F.F.[B]=CN. The number of nitrogens with two attached hydrogens (primary N) is 1. The molecule has 1 radical (unpaired) electrons. The Balaban J connectivity index is -0.00000000667. The topological polar surface area (TPSA) is 26.0 Å². The molecule has 0 amide bonds. The van der Waals surface area contributed by atoms with Crippen LogP contribution >= 0.6 is 0 Å². The zero-order valence-corrected chi connectivity index (χ0v) is 2.96. The average molecular weight is 99.9 g/mol. The Morgan fingerprint density at radius 1 is 1.17 bits per heavy atom. The predicted molar refractivity (Wildman–Crippen MR) is 23.5 cm³/mol. The molecule has 0 heterocycles. The van der Waals surface area contributed by atoms with E-state index < -0.39 is 0 Å². The number of halogens is 3. The van der Waals surface area contributed by atoms with Gasteiger partial charge in [0.05, 0.1) is 0 Å². The van der Waals surface area contributed by atoms with E-state index in [0.717, 1.165) is 6.09 Å². The normalized spacial score (nSPS) is 1.83. The van der Waals surface area contributed by atoms with Gasteiger partial charge in [0.15, 0.2) is 0 Å². The molecule has 0 saturated carbocycles. The third-order valence-corrected chi connectivity index (χ3v) is 0. The van der Waals surface area contributed by atoms with Crippen LogP contribution in [0.4, 0.5) is 14.1 Å². The first kappa shape index (κ1) is 48.6. The Morgan fingerprint density at radius 3 is 1.17 bits per heavy atom. The molecule has 0 spiro atoms. The van der Waals surface area contributed by atoms with Crippen molar-refractivity contribution in [3.63, 3.8) is 0 Å². The minimum atomic E-state index is 0. The van der Waals surface area contributed by atoms with Gasteiger partial charge in [-0.05, 0) is 0 Å². The van der Waals surface area contributed by atoms with Crippen LogP contribution in [0, 0.1) is 0 Å². The van der Waals surface area contributed by atoms with E-state index in [-0.39, 0.29) is 14.1 Å². The van der Waals surface area contributed by atoms with Gasteiger partial charge in [-0.15, -0.1) is 0 Å². The molecular formula is CH6BF3N. The van der Waals surface area contributed by atoms with Crippen molar-refractivity contribution in [1.82, 2.24) is 0 Å². The fourth-order valence-electron chi connectivity index (χ4n) is 0. The minimum absolute atomic E-state index is 0. The third-order valence-electron chi connectivity index (χ3n) is 0. The molecule has 2 N–H and O–H groups in total. The van der Waals surface area contributed by atoms with Crippen LogP contribution in [0.5, 0.6) is 0 Å². The van der Waals surface area contributed by atoms with Crippen molar-refractivity contribution < 1.29 is 14.1 Å². The van der Waals surface area contributed by atoms with E-state index in [1.165, 1.54) is 0 Å². The summed E-state index contributed by atoms with van der Waals surface area (Å²) in [4.78, 5) is 0. The fraction of sp³-hybridized carbons (Fsp3) is 0. The van der Waals surface area contributed by atoms with Gasteiger partial charge in [-0.3, -0.25) is 14.1 Å². The molecule has 0 aromatic heterocycles. The number of hydrogen-bond acceptors (Lipinski definition) is 1. The Kier molecular flexibility index (Phi) is 1650. The Bertz CT molecular complexity index is 18.3. The molecule has 0 bridgehead atoms. The van der Waals surface area contributed by atoms with Crippen molar-refractivity contribution in [3.8, 4) is 0 Å². The van der Waals surface area contributed by atoms with Gasteiger partial charge >= 0.3 is 19.3 Å². The zero-order chi connectivity index (χ0) is 2.71. The third kappa shape index (κ3) is 99.6. The maximum atomic E-state index is 4.50. The molecule has 0 saturated heterocycles. The summed E-state index contributed by atoms with van der Waals surface area (Å²) in [5.41, 5.74) is 4.50. The first-order chi connectivity index (χ1) is 1.41. The molecule has 0 unspecified atom stereocenters. The quantitative estimate of drug-likeness (QED) is 0.401. The molecule has 0 aliphatic carbocycles. The van der Waals surface area contributed by atoms with Gasteiger partial charge in [0.1, 0.15) is 0 Å². The first-order valence-corrected chi connectivity index (χ1v) is 0.667. The second-order valence-electron chi connectivity index (χ2n) is 0.192. The zero-order valence-electron chi connectivity index (χ0n) is 2.96. The molecule has 0 atom stereocenters. The average Bonchev–Trinajstić information content (AvgIpc) is 0.918. The molecule has 6 heavy (non-hydrogen) atoms. The van der Waals surface area contributed by atoms with Gasteiger partial charge in [-0.1, -0.05) is 0 Å². The van der Waals surface area contributed by atoms with Gasteiger partial charge in [-0.2, -0.15) is 0 Å². The van der Waals surface area contributed by atoms with Crippen molar-refractivity contribution in [2.24, 2.45) is 5.73 Å². The van der Waals surface area contributed by atoms with E-state index in [2.05, 4.69) is 13.2 Å². The molecular weight excluding hydrogens is 93.8 g/mol. The van der Waals surface area contributed by atoms with Crippen molar-refractivity contribution >= 4 is 13.6 Å². The van der Waals surface area contributed by atoms with Crippen molar-refractivity contribution in [3.05, 3.63) is 0 Å². The molecule has 0 aliphatic heterocycles. The van der Waals surface area contributed by atoms with Gasteiger partial charge in [0.25, 0.3) is 0 Å². The molecule has 1 nitrogen and oxygen atoms in total. The summed E-state index contributed by atoms with van der Waals surface area (Å²) in [7, 11) is 4.50. The maximum absolute atomic E-state index is 4.50. The summed E-state index contributed by atoms with van der Waals surface area (Å²) >= 11 is 0. The standard InChI is InChI=1S/CH3BN.3FH/c2-1-3;;;/h1H,3H2;3*1H. The van der Waals surface area contributed by atoms with Crippen molar-refractivity contribution in [2.75, 3.05) is 0 Å². The summed E-state index contributed by atoms with van der Waals surface area (Å²) in [6.45, 7) is 0. The Labute approximate surface area is 34.7 Å². The van der Waals surface area contributed by atoms with Crippen LogP contribution in [-0.4, -0.2) is 13.6 Å². The van der Waals surface area contributed by atoms with Crippen molar-refractivity contribution in [1.29, 1.82) is 0 Å². The number of rotatable bonds is 0. The molecule has 5 heteroatoms. The Morgan fingerprint density at radius 2 is 1.17 bits per heavy atom. The van der Waals surface area contributed by atoms with Crippen LogP contribution < -0.4 is 5.73 Å². The van der Waals surface area contributed by atoms with Gasteiger partial charge in [0.2, 0.25) is 0 Å². The van der Waals surface area contributed by atoms with Crippen LogP contribution in [0.2, 0.25) is 0 Å². The summed E-state index contributed by atoms with van der Waals surface area (Å²) in [6.07, 6.45) is 1.00. The molecule has 0 aliphatic rings. The molecule has 0 aromatic rings. The summed E-state index contributed by atoms with van der Waals surface area (Å²) in [5, 5.41) is 0. The van der Waals surface area contributed by atoms with Crippen molar-refractivity contribution in [2.45, 2.75) is 0 Å². The number of hydrogen-bond donors (Lipinski definition) is 1. The molecule has 0 rings (SSSR count). The van der Waals surface area contributed by atoms with E-state index in [4.69, 9.17) is 0 Å². The molecule has 0 fully saturated rings. The van der Waals surface area contributed by atoms with E-state index in [1.54, 1.807) is 0 Å². The van der Waals surface area contributed by atoms with Gasteiger partial charge in [0, 0.05) is 0 Å². The molecule has 39 valence electrons. The molecule has 0 aromatic carbocycles. The second kappa shape index (κ2) is 204. The fourth-order valence-corrected chi connectivity index (χ4v) is 0. The van der Waals surface area contributed by atoms with Crippen LogP contribution in [0.1, 0.15) is 0 Å². The van der Waals surface area contributed by atoms with E-state index >= 15 is 0 Å². The van der Waals surface area contributed by atoms with Crippen LogP contribution in [0.15, 0.2) is 0 Å². The first-order valence-electron chi connectivity index (χ1n) is 0.667. The predicted octanol–water partition coefficient (Wildman–Crippen LogP) is -0.669. The second-order valence-corrected chi connectivity index (χ2v) is 0.192. The Hall–Kier alpha value is -0.475. The van der Waals surface area contributed by atoms with E-state index in [0.29, 0.717) is 0 Å². The van der Waals surface area contributed by atoms with Gasteiger partial charge in [-0.25, -0.2) is 0 Å². The van der Waals surface area contributed by atoms with Crippen LogP contribution in [0.3, 0.4) is 0 Å². The van der Waals surface area contributed by atoms with Crippen LogP contribution in [-0.2, 0) is 0 Å². The summed E-state index contributed by atoms with van der Waals surface area (Å²) in [6, 6.07) is 0.